The van der Waals surface area contributed by atoms with Gasteiger partial charge in [-0.15, -0.1) is 0 Å². The number of ether oxygens (including phenoxy) is 1. The number of rotatable bonds is 2. The number of nitrogens with two attached hydrogens (primary N) is 2. The summed E-state index contributed by atoms with van der Waals surface area (Å²) in [6, 6.07) is 3.23. The highest BCUT2D eigenvalue weighted by atomic mass is 35.5. The molecule has 0 fully saturated rings. The molecule has 0 aliphatic carbocycles. The second-order valence-electron chi connectivity index (χ2n) is 2.88. The largest absolute Gasteiger partial charge is 0.412 e. The Morgan fingerprint density at radius 2 is 1.94 bits per heavy atom. The van der Waals surface area contributed by atoms with Crippen LogP contribution in [-0.4, -0.2) is 12.1 Å². The van der Waals surface area contributed by atoms with Crippen molar-refractivity contribution in [3.63, 3.8) is 0 Å². The van der Waals surface area contributed by atoms with Gasteiger partial charge in [0.2, 0.25) is 0 Å². The van der Waals surface area contributed by atoms with Crippen LogP contribution in [0.2, 0.25) is 10.0 Å². The lowest BCUT2D eigenvalue weighted by molar-refractivity contribution is -0.138. The summed E-state index contributed by atoms with van der Waals surface area (Å²) < 4.78 is 4.13. The quantitative estimate of drug-likeness (QED) is 0.625. The van der Waals surface area contributed by atoms with E-state index in [-0.39, 0.29) is 5.02 Å². The minimum atomic E-state index is -1.22. The topological polar surface area (TPSA) is 95.4 Å². The summed E-state index contributed by atoms with van der Waals surface area (Å²) in [6.07, 6.45) is -1.22. The molecule has 16 heavy (non-hydrogen) atoms. The molecule has 1 rings (SSSR count). The molecule has 1 amide bonds. The zero-order chi connectivity index (χ0) is 12.3. The minimum absolute atomic E-state index is 0.210. The molecule has 0 spiro atoms. The van der Waals surface area contributed by atoms with Crippen molar-refractivity contribution in [1.82, 2.24) is 0 Å². The highest BCUT2D eigenvalue weighted by molar-refractivity contribution is 6.35. The van der Waals surface area contributed by atoms with E-state index in [1.165, 1.54) is 18.2 Å². The zero-order valence-corrected chi connectivity index (χ0v) is 9.46. The molecule has 5 nitrogen and oxygen atoms in total. The van der Waals surface area contributed by atoms with Crippen LogP contribution in [0.5, 0.6) is 0 Å². The van der Waals surface area contributed by atoms with E-state index in [4.69, 9.17) is 28.9 Å². The molecule has 0 aromatic heterocycles. The Morgan fingerprint density at radius 1 is 1.31 bits per heavy atom. The Hall–Kier alpha value is -1.30. The van der Waals surface area contributed by atoms with E-state index < -0.39 is 18.1 Å². The number of hydrogen-bond acceptors (Lipinski definition) is 4. The third kappa shape index (κ3) is 3.10. The van der Waals surface area contributed by atoms with Crippen molar-refractivity contribution < 1.29 is 14.3 Å². The van der Waals surface area contributed by atoms with Crippen molar-refractivity contribution in [3.8, 4) is 0 Å². The monoisotopic (exact) mass is 262 g/mol. The molecule has 0 saturated heterocycles. The van der Waals surface area contributed by atoms with Gasteiger partial charge in [0.05, 0.1) is 0 Å². The first-order valence-corrected chi connectivity index (χ1v) is 4.89. The second kappa shape index (κ2) is 5.16. The molecule has 4 N–H and O–H groups in total. The fraction of sp³-hybridized carbons (Fsp3) is 0.111. The van der Waals surface area contributed by atoms with Crippen molar-refractivity contribution in [3.05, 3.63) is 33.8 Å². The first-order chi connectivity index (χ1) is 7.41. The van der Waals surface area contributed by atoms with Gasteiger partial charge in [-0.1, -0.05) is 29.3 Å². The van der Waals surface area contributed by atoms with Gasteiger partial charge in [-0.2, -0.15) is 0 Å². The summed E-state index contributed by atoms with van der Waals surface area (Å²) in [5.41, 5.74) is 10.5. The molecule has 0 aliphatic rings. The van der Waals surface area contributed by atoms with E-state index in [0.29, 0.717) is 10.6 Å². The lowest BCUT2D eigenvalue weighted by atomic mass is 10.1. The van der Waals surface area contributed by atoms with Crippen LogP contribution in [0.15, 0.2) is 18.2 Å². The highest BCUT2D eigenvalue weighted by Crippen LogP contribution is 2.25. The fourth-order valence-electron chi connectivity index (χ4n) is 1.04. The summed E-state index contributed by atoms with van der Waals surface area (Å²) in [4.78, 5) is 21.6. The van der Waals surface area contributed by atoms with Gasteiger partial charge >= 0.3 is 12.1 Å². The van der Waals surface area contributed by atoms with Crippen LogP contribution in [0.1, 0.15) is 11.6 Å². The van der Waals surface area contributed by atoms with E-state index >= 15 is 0 Å². The van der Waals surface area contributed by atoms with Crippen LogP contribution in [-0.2, 0) is 9.53 Å². The van der Waals surface area contributed by atoms with Crippen molar-refractivity contribution in [2.45, 2.75) is 6.04 Å². The van der Waals surface area contributed by atoms with Crippen LogP contribution in [0, 0.1) is 0 Å². The Morgan fingerprint density at radius 3 is 2.44 bits per heavy atom. The van der Waals surface area contributed by atoms with Gasteiger partial charge in [0.1, 0.15) is 6.04 Å². The van der Waals surface area contributed by atoms with Gasteiger partial charge < -0.3 is 16.2 Å². The van der Waals surface area contributed by atoms with Crippen LogP contribution in [0.25, 0.3) is 0 Å². The molecule has 1 unspecified atom stereocenters. The summed E-state index contributed by atoms with van der Waals surface area (Å²) in [5.74, 6) is -0.975. The number of hydrogen-bond donors (Lipinski definition) is 2. The Bertz CT molecular complexity index is 437. The zero-order valence-electron chi connectivity index (χ0n) is 7.94. The Labute approximate surface area is 101 Å². The maximum Gasteiger partial charge on any atom is 0.412 e. The lowest BCUT2D eigenvalue weighted by Crippen LogP contribution is -2.28. The average Bonchev–Trinajstić information content (AvgIpc) is 2.15. The third-order valence-electron chi connectivity index (χ3n) is 1.75. The smallest absolute Gasteiger partial charge is 0.375 e. The number of carbonyl (C=O) groups excluding carboxylic acids is 2. The highest BCUT2D eigenvalue weighted by Gasteiger charge is 2.21. The van der Waals surface area contributed by atoms with Gasteiger partial charge in [-0.05, 0) is 17.7 Å². The van der Waals surface area contributed by atoms with Gasteiger partial charge in [-0.25, -0.2) is 9.59 Å². The van der Waals surface area contributed by atoms with Gasteiger partial charge in [0.25, 0.3) is 0 Å². The Kier molecular flexibility index (Phi) is 4.12. The first-order valence-electron chi connectivity index (χ1n) is 4.13. The van der Waals surface area contributed by atoms with Crippen LogP contribution in [0.4, 0.5) is 4.79 Å². The average molecular weight is 263 g/mol. The van der Waals surface area contributed by atoms with Crippen molar-refractivity contribution >= 4 is 35.3 Å². The third-order valence-corrected chi connectivity index (χ3v) is 2.32. The van der Waals surface area contributed by atoms with E-state index in [0.717, 1.165) is 0 Å². The normalized spacial score (nSPS) is 11.9. The van der Waals surface area contributed by atoms with Crippen molar-refractivity contribution in [1.29, 1.82) is 0 Å². The van der Waals surface area contributed by atoms with Crippen molar-refractivity contribution in [2.24, 2.45) is 11.5 Å². The summed E-state index contributed by atoms with van der Waals surface area (Å²) in [5, 5.41) is 0.616. The van der Waals surface area contributed by atoms with Gasteiger partial charge in [0, 0.05) is 10.0 Å². The minimum Gasteiger partial charge on any atom is -0.375 e. The molecule has 1 atom stereocenters. The second-order valence-corrected chi connectivity index (χ2v) is 3.73. The van der Waals surface area contributed by atoms with Crippen molar-refractivity contribution in [2.75, 3.05) is 0 Å². The molecule has 0 saturated carbocycles. The summed E-state index contributed by atoms with van der Waals surface area (Å²) in [7, 11) is 0. The first kappa shape index (κ1) is 12.8. The molecular weight excluding hydrogens is 255 g/mol. The molecule has 86 valence electrons. The lowest BCUT2D eigenvalue weighted by Gasteiger charge is -2.11. The number of amides is 1. The molecule has 7 heteroatoms. The molecule has 0 aliphatic heterocycles. The number of halogens is 2. The van der Waals surface area contributed by atoms with Gasteiger partial charge in [0.15, 0.2) is 0 Å². The molecule has 1 aromatic carbocycles. The molecule has 0 radical (unpaired) electrons. The number of primary amides is 1. The van der Waals surface area contributed by atoms with E-state index in [2.05, 4.69) is 10.5 Å². The predicted molar refractivity (Wildman–Crippen MR) is 59.1 cm³/mol. The van der Waals surface area contributed by atoms with Crippen LogP contribution in [0.3, 0.4) is 0 Å². The maximum atomic E-state index is 11.3. The molecule has 0 bridgehead atoms. The standard InChI is InChI=1S/C9H8Cl2N2O3/c10-4-1-2-5(6(11)3-4)7(12)8(14)16-9(13)15/h1-3,7H,12H2,(H2,13,15). The molecule has 0 heterocycles. The number of carbonyl (C=O) groups is 2. The van der Waals surface area contributed by atoms with Crippen LogP contribution >= 0.6 is 23.2 Å². The summed E-state index contributed by atoms with van der Waals surface area (Å²) in [6.45, 7) is 0. The Balaban J connectivity index is 2.91. The van der Waals surface area contributed by atoms with E-state index in [1.54, 1.807) is 0 Å². The molecule has 1 aromatic rings. The number of esters is 1. The fourth-order valence-corrected chi connectivity index (χ4v) is 1.57. The molecular formula is C9H8Cl2N2O3. The van der Waals surface area contributed by atoms with Crippen LogP contribution < -0.4 is 11.5 Å². The summed E-state index contributed by atoms with van der Waals surface area (Å²) >= 11 is 11.5. The van der Waals surface area contributed by atoms with E-state index in [1.807, 2.05) is 0 Å². The maximum absolute atomic E-state index is 11.3. The SMILES string of the molecule is NC(=O)OC(=O)C(N)c1ccc(Cl)cc1Cl. The van der Waals surface area contributed by atoms with E-state index in [9.17, 15) is 9.59 Å². The van der Waals surface area contributed by atoms with Gasteiger partial charge in [-0.3, -0.25) is 0 Å². The number of benzene rings is 1. The predicted octanol–water partition coefficient (Wildman–Crippen LogP) is 1.62.